The Kier molecular flexibility index (Phi) is 4.26. The van der Waals surface area contributed by atoms with Crippen LogP contribution in [-0.4, -0.2) is 54.6 Å². The molecule has 2 aromatic rings. The molecule has 7 heteroatoms. The summed E-state index contributed by atoms with van der Waals surface area (Å²) < 4.78 is 25.8. The SMILES string of the molecule is CCCS(=O)(=O)N1CCN(c2cncc3cccnc23)CC1. The van der Waals surface area contributed by atoms with Crippen LogP contribution < -0.4 is 4.90 Å². The first-order chi connectivity index (χ1) is 10.6. The van der Waals surface area contributed by atoms with E-state index in [1.807, 2.05) is 25.3 Å². The van der Waals surface area contributed by atoms with Crippen molar-refractivity contribution in [2.75, 3.05) is 36.8 Å². The van der Waals surface area contributed by atoms with Crippen LogP contribution in [0.3, 0.4) is 0 Å². The number of piperazine rings is 1. The van der Waals surface area contributed by atoms with Crippen LogP contribution in [0, 0.1) is 0 Å². The van der Waals surface area contributed by atoms with Crippen molar-refractivity contribution in [3.8, 4) is 0 Å². The number of hydrogen-bond donors (Lipinski definition) is 0. The standard InChI is InChI=1S/C15H20N4O2S/c1-2-10-22(20,21)19-8-6-18(7-9-19)14-12-16-11-13-4-3-5-17-15(13)14/h3-5,11-12H,2,6-10H2,1H3. The summed E-state index contributed by atoms with van der Waals surface area (Å²) in [7, 11) is -3.11. The fourth-order valence-corrected chi connectivity index (χ4v) is 4.30. The van der Waals surface area contributed by atoms with Crippen molar-refractivity contribution >= 4 is 26.6 Å². The van der Waals surface area contributed by atoms with E-state index in [1.54, 1.807) is 16.7 Å². The minimum atomic E-state index is -3.11. The number of rotatable bonds is 4. The molecule has 0 bridgehead atoms. The summed E-state index contributed by atoms with van der Waals surface area (Å²) >= 11 is 0. The van der Waals surface area contributed by atoms with Crippen molar-refractivity contribution in [3.63, 3.8) is 0 Å². The van der Waals surface area contributed by atoms with Gasteiger partial charge in [-0.05, 0) is 18.6 Å². The molecular formula is C15H20N4O2S. The summed E-state index contributed by atoms with van der Waals surface area (Å²) in [5.74, 6) is 0.227. The fourth-order valence-electron chi connectivity index (χ4n) is 2.81. The average molecular weight is 320 g/mol. The van der Waals surface area contributed by atoms with Crippen LogP contribution >= 0.6 is 0 Å². The molecule has 0 unspecified atom stereocenters. The zero-order valence-corrected chi connectivity index (χ0v) is 13.5. The number of aromatic nitrogens is 2. The molecule has 0 atom stereocenters. The van der Waals surface area contributed by atoms with Crippen molar-refractivity contribution in [2.24, 2.45) is 0 Å². The zero-order chi connectivity index (χ0) is 15.6. The molecule has 0 aromatic carbocycles. The quantitative estimate of drug-likeness (QED) is 0.854. The van der Waals surface area contributed by atoms with Gasteiger partial charge in [0.05, 0.1) is 23.2 Å². The summed E-state index contributed by atoms with van der Waals surface area (Å²) in [4.78, 5) is 10.9. The number of hydrogen-bond acceptors (Lipinski definition) is 5. The molecule has 118 valence electrons. The van der Waals surface area contributed by atoms with Gasteiger partial charge in [-0.25, -0.2) is 8.42 Å². The highest BCUT2D eigenvalue weighted by Gasteiger charge is 2.27. The van der Waals surface area contributed by atoms with Crippen molar-refractivity contribution in [1.82, 2.24) is 14.3 Å². The molecule has 22 heavy (non-hydrogen) atoms. The van der Waals surface area contributed by atoms with E-state index < -0.39 is 10.0 Å². The highest BCUT2D eigenvalue weighted by Crippen LogP contribution is 2.24. The molecular weight excluding hydrogens is 300 g/mol. The molecule has 0 N–H and O–H groups in total. The maximum absolute atomic E-state index is 12.1. The van der Waals surface area contributed by atoms with E-state index >= 15 is 0 Å². The maximum atomic E-state index is 12.1. The molecule has 3 rings (SSSR count). The van der Waals surface area contributed by atoms with E-state index in [2.05, 4.69) is 14.9 Å². The zero-order valence-electron chi connectivity index (χ0n) is 12.6. The van der Waals surface area contributed by atoms with Crippen LogP contribution in [-0.2, 0) is 10.0 Å². The Morgan fingerprint density at radius 1 is 1.18 bits per heavy atom. The van der Waals surface area contributed by atoms with Gasteiger partial charge < -0.3 is 4.90 Å². The van der Waals surface area contributed by atoms with Gasteiger partial charge in [0, 0.05) is 44.0 Å². The molecule has 1 aliphatic rings. The highest BCUT2D eigenvalue weighted by atomic mass is 32.2. The van der Waals surface area contributed by atoms with Gasteiger partial charge in [-0.1, -0.05) is 6.92 Å². The molecule has 6 nitrogen and oxygen atoms in total. The summed E-state index contributed by atoms with van der Waals surface area (Å²) in [5, 5.41) is 1.00. The van der Waals surface area contributed by atoms with Gasteiger partial charge in [-0.15, -0.1) is 0 Å². The van der Waals surface area contributed by atoms with E-state index in [0.717, 1.165) is 16.6 Å². The fraction of sp³-hybridized carbons (Fsp3) is 0.467. The molecule has 3 heterocycles. The molecule has 0 amide bonds. The number of fused-ring (bicyclic) bond motifs is 1. The molecule has 1 aliphatic heterocycles. The van der Waals surface area contributed by atoms with Crippen LogP contribution in [0.1, 0.15) is 13.3 Å². The van der Waals surface area contributed by atoms with Gasteiger partial charge in [-0.3, -0.25) is 9.97 Å². The first-order valence-corrected chi connectivity index (χ1v) is 9.14. The Morgan fingerprint density at radius 3 is 2.68 bits per heavy atom. The molecule has 2 aromatic heterocycles. The molecule has 1 fully saturated rings. The lowest BCUT2D eigenvalue weighted by Crippen LogP contribution is -2.49. The maximum Gasteiger partial charge on any atom is 0.214 e. The lowest BCUT2D eigenvalue weighted by atomic mass is 10.2. The van der Waals surface area contributed by atoms with E-state index in [0.29, 0.717) is 32.6 Å². The predicted octanol–water partition coefficient (Wildman–Crippen LogP) is 1.49. The second-order valence-electron chi connectivity index (χ2n) is 5.44. The Balaban J connectivity index is 1.79. The summed E-state index contributed by atoms with van der Waals surface area (Å²) in [6.45, 7) is 4.26. The van der Waals surface area contributed by atoms with Crippen molar-refractivity contribution in [3.05, 3.63) is 30.7 Å². The third-order valence-electron chi connectivity index (χ3n) is 3.93. The van der Waals surface area contributed by atoms with E-state index in [1.165, 1.54) is 0 Å². The number of pyridine rings is 2. The van der Waals surface area contributed by atoms with Crippen molar-refractivity contribution < 1.29 is 8.42 Å². The lowest BCUT2D eigenvalue weighted by molar-refractivity contribution is 0.385. The summed E-state index contributed by atoms with van der Waals surface area (Å²) in [6.07, 6.45) is 6.03. The van der Waals surface area contributed by atoms with Crippen LogP contribution in [0.25, 0.3) is 10.9 Å². The summed E-state index contributed by atoms with van der Waals surface area (Å²) in [5.41, 5.74) is 1.90. The average Bonchev–Trinajstić information content (AvgIpc) is 2.54. The topological polar surface area (TPSA) is 66.4 Å². The Bertz CT molecular complexity index is 750. The Hall–Kier alpha value is -1.73. The predicted molar refractivity (Wildman–Crippen MR) is 87.4 cm³/mol. The lowest BCUT2D eigenvalue weighted by Gasteiger charge is -2.35. The number of anilines is 1. The second kappa shape index (κ2) is 6.18. The molecule has 1 saturated heterocycles. The van der Waals surface area contributed by atoms with E-state index in [-0.39, 0.29) is 5.75 Å². The van der Waals surface area contributed by atoms with Gasteiger partial charge >= 0.3 is 0 Å². The monoisotopic (exact) mass is 320 g/mol. The number of nitrogens with zero attached hydrogens (tertiary/aromatic N) is 4. The van der Waals surface area contributed by atoms with Crippen molar-refractivity contribution in [2.45, 2.75) is 13.3 Å². The molecule has 0 aliphatic carbocycles. The highest BCUT2D eigenvalue weighted by molar-refractivity contribution is 7.89. The summed E-state index contributed by atoms with van der Waals surface area (Å²) in [6, 6.07) is 3.88. The third kappa shape index (κ3) is 2.91. The number of sulfonamides is 1. The second-order valence-corrected chi connectivity index (χ2v) is 7.52. The molecule has 0 saturated carbocycles. The van der Waals surface area contributed by atoms with Crippen molar-refractivity contribution in [1.29, 1.82) is 0 Å². The van der Waals surface area contributed by atoms with Crippen LogP contribution in [0.2, 0.25) is 0 Å². The Morgan fingerprint density at radius 2 is 1.95 bits per heavy atom. The minimum absolute atomic E-state index is 0.227. The van der Waals surface area contributed by atoms with E-state index in [9.17, 15) is 8.42 Å². The largest absolute Gasteiger partial charge is 0.366 e. The normalized spacial score (nSPS) is 17.0. The first-order valence-electron chi connectivity index (χ1n) is 7.53. The van der Waals surface area contributed by atoms with Gasteiger partial charge in [0.15, 0.2) is 0 Å². The van der Waals surface area contributed by atoms with Gasteiger partial charge in [0.1, 0.15) is 0 Å². The van der Waals surface area contributed by atoms with Crippen LogP contribution in [0.5, 0.6) is 0 Å². The first kappa shape index (κ1) is 15.2. The van der Waals surface area contributed by atoms with Gasteiger partial charge in [0.2, 0.25) is 10.0 Å². The Labute approximate surface area is 130 Å². The van der Waals surface area contributed by atoms with Crippen LogP contribution in [0.15, 0.2) is 30.7 Å². The minimum Gasteiger partial charge on any atom is -0.366 e. The molecule has 0 spiro atoms. The van der Waals surface area contributed by atoms with Gasteiger partial charge in [-0.2, -0.15) is 4.31 Å². The third-order valence-corrected chi connectivity index (χ3v) is 6.00. The van der Waals surface area contributed by atoms with Crippen LogP contribution in [0.4, 0.5) is 5.69 Å². The smallest absolute Gasteiger partial charge is 0.214 e. The molecule has 0 radical (unpaired) electrons. The van der Waals surface area contributed by atoms with E-state index in [4.69, 9.17) is 0 Å². The van der Waals surface area contributed by atoms with Gasteiger partial charge in [0.25, 0.3) is 0 Å².